The minimum absolute atomic E-state index is 0.281. The third-order valence-corrected chi connectivity index (χ3v) is 5.93. The van der Waals surface area contributed by atoms with Gasteiger partial charge in [0, 0.05) is 0 Å². The smallest absolute Gasteiger partial charge is 0.243 e. The van der Waals surface area contributed by atoms with Crippen molar-refractivity contribution < 1.29 is 17.9 Å². The molecule has 0 heterocycles. The molecule has 1 N–H and O–H groups in total. The van der Waals surface area contributed by atoms with Crippen molar-refractivity contribution in [2.45, 2.75) is 40.2 Å². The Labute approximate surface area is 173 Å². The number of hydrogen-bond donors (Lipinski definition) is 1. The van der Waals surface area contributed by atoms with Gasteiger partial charge < -0.3 is 10.1 Å². The number of benzene rings is 2. The maximum Gasteiger partial charge on any atom is 0.243 e. The number of anilines is 1. The van der Waals surface area contributed by atoms with E-state index in [4.69, 9.17) is 4.74 Å². The summed E-state index contributed by atoms with van der Waals surface area (Å²) in [6, 6.07) is 12.3. The molecule has 158 valence electrons. The van der Waals surface area contributed by atoms with Gasteiger partial charge >= 0.3 is 0 Å². The highest BCUT2D eigenvalue weighted by molar-refractivity contribution is 7.92. The zero-order valence-electron chi connectivity index (χ0n) is 17.7. The second-order valence-electron chi connectivity index (χ2n) is 7.16. The predicted molar refractivity (Wildman–Crippen MR) is 117 cm³/mol. The molecular weight excluding hydrogens is 388 g/mol. The van der Waals surface area contributed by atoms with E-state index in [1.54, 1.807) is 19.1 Å². The largest absolute Gasteiger partial charge is 0.491 e. The first-order valence-electron chi connectivity index (χ1n) is 9.69. The number of rotatable bonds is 9. The van der Waals surface area contributed by atoms with E-state index >= 15 is 0 Å². The summed E-state index contributed by atoms with van der Waals surface area (Å²) < 4.78 is 31.6. The van der Waals surface area contributed by atoms with Crippen molar-refractivity contribution in [3.05, 3.63) is 59.2 Å². The van der Waals surface area contributed by atoms with Gasteiger partial charge in [-0.05, 0) is 62.1 Å². The molecule has 0 unspecified atom stereocenters. The van der Waals surface area contributed by atoms with Crippen molar-refractivity contribution in [3.8, 4) is 5.75 Å². The lowest BCUT2D eigenvalue weighted by atomic mass is 10.1. The zero-order valence-corrected chi connectivity index (χ0v) is 18.5. The Kier molecular flexibility index (Phi) is 7.67. The van der Waals surface area contributed by atoms with E-state index in [1.807, 2.05) is 51.1 Å². The molecule has 2 aromatic carbocycles. The average molecular weight is 419 g/mol. The Bertz CT molecular complexity index is 940. The van der Waals surface area contributed by atoms with Crippen molar-refractivity contribution in [2.24, 2.45) is 0 Å². The highest BCUT2D eigenvalue weighted by Crippen LogP contribution is 2.22. The fourth-order valence-electron chi connectivity index (χ4n) is 3.03. The summed E-state index contributed by atoms with van der Waals surface area (Å²) in [7, 11) is -3.62. The number of ether oxygens (including phenoxy) is 1. The molecule has 0 aliphatic carbocycles. The Morgan fingerprint density at radius 2 is 1.79 bits per heavy atom. The lowest BCUT2D eigenvalue weighted by Crippen LogP contribution is -2.48. The van der Waals surface area contributed by atoms with Crippen molar-refractivity contribution in [1.82, 2.24) is 5.32 Å². The van der Waals surface area contributed by atoms with Gasteiger partial charge in [-0.3, -0.25) is 9.10 Å². The van der Waals surface area contributed by atoms with E-state index in [9.17, 15) is 13.2 Å². The third kappa shape index (κ3) is 6.22. The van der Waals surface area contributed by atoms with Gasteiger partial charge in [0.15, 0.2) is 0 Å². The highest BCUT2D eigenvalue weighted by atomic mass is 32.2. The summed E-state index contributed by atoms with van der Waals surface area (Å²) in [6.45, 7) is 8.14. The van der Waals surface area contributed by atoms with Crippen molar-refractivity contribution in [1.29, 1.82) is 0 Å². The number of amides is 1. The van der Waals surface area contributed by atoms with Crippen LogP contribution in [0.3, 0.4) is 0 Å². The Morgan fingerprint density at radius 3 is 2.38 bits per heavy atom. The number of hydrogen-bond acceptors (Lipinski definition) is 4. The van der Waals surface area contributed by atoms with Gasteiger partial charge in [-0.2, -0.15) is 0 Å². The molecule has 0 aromatic heterocycles. The molecule has 0 spiro atoms. The first-order chi connectivity index (χ1) is 13.6. The fraction of sp³-hybridized carbons (Fsp3) is 0.409. The van der Waals surface area contributed by atoms with Crippen molar-refractivity contribution in [2.75, 3.05) is 23.7 Å². The SMILES string of the molecule is CCc1ccc(N([C@H](C)C(=O)NCCOc2cc(C)ccc2C)S(C)(=O)=O)cc1. The average Bonchev–Trinajstić information content (AvgIpc) is 2.67. The number of carbonyl (C=O) groups is 1. The molecule has 0 bridgehead atoms. The van der Waals surface area contributed by atoms with Crippen LogP contribution in [0.2, 0.25) is 0 Å². The van der Waals surface area contributed by atoms with Crippen LogP contribution in [0.15, 0.2) is 42.5 Å². The first-order valence-corrected chi connectivity index (χ1v) is 11.5. The molecule has 29 heavy (non-hydrogen) atoms. The van der Waals surface area contributed by atoms with Crippen LogP contribution in [0.1, 0.15) is 30.5 Å². The fourth-order valence-corrected chi connectivity index (χ4v) is 4.21. The van der Waals surface area contributed by atoms with Crippen molar-refractivity contribution >= 4 is 21.6 Å². The Morgan fingerprint density at radius 1 is 1.14 bits per heavy atom. The van der Waals surface area contributed by atoms with Gasteiger partial charge in [0.2, 0.25) is 15.9 Å². The molecule has 2 rings (SSSR count). The standard InChI is InChI=1S/C22H30N2O4S/c1-6-19-9-11-20(12-10-19)24(29(5,26)27)18(4)22(25)23-13-14-28-21-15-16(2)7-8-17(21)3/h7-12,15,18H,6,13-14H2,1-5H3,(H,23,25)/t18-/m1/s1. The second-order valence-corrected chi connectivity index (χ2v) is 9.02. The maximum atomic E-state index is 12.6. The monoisotopic (exact) mass is 418 g/mol. The van der Waals surface area contributed by atoms with E-state index in [0.29, 0.717) is 12.3 Å². The quantitative estimate of drug-likeness (QED) is 0.635. The summed E-state index contributed by atoms with van der Waals surface area (Å²) >= 11 is 0. The van der Waals surface area contributed by atoms with Crippen LogP contribution in [0, 0.1) is 13.8 Å². The number of nitrogens with zero attached hydrogens (tertiary/aromatic N) is 1. The molecule has 0 aliphatic heterocycles. The van der Waals surface area contributed by atoms with Gasteiger partial charge in [-0.1, -0.05) is 31.2 Å². The molecule has 2 aromatic rings. The molecule has 0 saturated carbocycles. The lowest BCUT2D eigenvalue weighted by Gasteiger charge is -2.28. The molecule has 7 heteroatoms. The molecule has 1 amide bonds. The van der Waals surface area contributed by atoms with Gasteiger partial charge in [0.1, 0.15) is 18.4 Å². The summed E-state index contributed by atoms with van der Waals surface area (Å²) in [5.41, 5.74) is 3.69. The number of aryl methyl sites for hydroxylation is 3. The van der Waals surface area contributed by atoms with Gasteiger partial charge in [0.05, 0.1) is 18.5 Å². The van der Waals surface area contributed by atoms with Crippen LogP contribution in [0.4, 0.5) is 5.69 Å². The third-order valence-electron chi connectivity index (χ3n) is 4.69. The van der Waals surface area contributed by atoms with Gasteiger partial charge in [-0.15, -0.1) is 0 Å². The Balaban J connectivity index is 2.00. The molecular formula is C22H30N2O4S. The number of carbonyl (C=O) groups excluding carboxylic acids is 1. The second kappa shape index (κ2) is 9.78. The predicted octanol–water partition coefficient (Wildman–Crippen LogP) is 3.22. The van der Waals surface area contributed by atoms with Gasteiger partial charge in [0.25, 0.3) is 0 Å². The van der Waals surface area contributed by atoms with Crippen LogP contribution in [-0.4, -0.2) is 39.8 Å². The lowest BCUT2D eigenvalue weighted by molar-refractivity contribution is -0.121. The highest BCUT2D eigenvalue weighted by Gasteiger charge is 2.28. The van der Waals surface area contributed by atoms with Crippen LogP contribution in [0.5, 0.6) is 5.75 Å². The van der Waals surface area contributed by atoms with E-state index < -0.39 is 16.1 Å². The molecule has 0 saturated heterocycles. The number of sulfonamides is 1. The molecule has 0 radical (unpaired) electrons. The van der Waals surface area contributed by atoms with Gasteiger partial charge in [-0.25, -0.2) is 8.42 Å². The summed E-state index contributed by atoms with van der Waals surface area (Å²) in [5.74, 6) is 0.403. The first kappa shape index (κ1) is 22.7. The van der Waals surface area contributed by atoms with E-state index in [2.05, 4.69) is 5.32 Å². The van der Waals surface area contributed by atoms with E-state index in [1.165, 1.54) is 0 Å². The molecule has 0 aliphatic rings. The number of nitrogens with one attached hydrogen (secondary N) is 1. The normalized spacial score (nSPS) is 12.3. The minimum Gasteiger partial charge on any atom is -0.491 e. The van der Waals surface area contributed by atoms with Crippen LogP contribution >= 0.6 is 0 Å². The maximum absolute atomic E-state index is 12.6. The molecule has 0 fully saturated rings. The van der Waals surface area contributed by atoms with E-state index in [-0.39, 0.29) is 12.5 Å². The van der Waals surface area contributed by atoms with E-state index in [0.717, 1.165) is 39.4 Å². The van der Waals surface area contributed by atoms with Crippen LogP contribution < -0.4 is 14.4 Å². The summed E-state index contributed by atoms with van der Waals surface area (Å²) in [4.78, 5) is 12.6. The summed E-state index contributed by atoms with van der Waals surface area (Å²) in [5, 5.41) is 2.76. The minimum atomic E-state index is -3.62. The zero-order chi connectivity index (χ0) is 21.6. The topological polar surface area (TPSA) is 75.7 Å². The molecule has 1 atom stereocenters. The van der Waals surface area contributed by atoms with Crippen molar-refractivity contribution in [3.63, 3.8) is 0 Å². The molecule has 6 nitrogen and oxygen atoms in total. The van der Waals surface area contributed by atoms with Crippen LogP contribution in [0.25, 0.3) is 0 Å². The van der Waals surface area contributed by atoms with Crippen LogP contribution in [-0.2, 0) is 21.2 Å². The summed E-state index contributed by atoms with van der Waals surface area (Å²) in [6.07, 6.45) is 1.96. The Hall–Kier alpha value is -2.54.